The van der Waals surface area contributed by atoms with E-state index in [2.05, 4.69) is 19.9 Å². The molecule has 1 saturated heterocycles. The zero-order valence-electron chi connectivity index (χ0n) is 21.7. The van der Waals surface area contributed by atoms with Crippen LogP contribution < -0.4 is 10.3 Å². The molecule has 8 nitrogen and oxygen atoms in total. The molecule has 1 saturated carbocycles. The Morgan fingerprint density at radius 2 is 1.85 bits per heavy atom. The number of fused-ring (bicyclic) bond motifs is 1. The number of ether oxygens (including phenoxy) is 2. The van der Waals surface area contributed by atoms with Gasteiger partial charge in [0.25, 0.3) is 5.56 Å². The molecule has 4 aromatic rings. The number of benzene rings is 1. The highest BCUT2D eigenvalue weighted by Gasteiger charge is 2.33. The van der Waals surface area contributed by atoms with Gasteiger partial charge in [0, 0.05) is 36.4 Å². The van der Waals surface area contributed by atoms with Crippen molar-refractivity contribution in [2.75, 3.05) is 13.7 Å². The summed E-state index contributed by atoms with van der Waals surface area (Å²) in [6.07, 6.45) is -0.170. The van der Waals surface area contributed by atoms with Crippen molar-refractivity contribution in [2.45, 2.75) is 56.8 Å². The number of hydrogen-bond donors (Lipinski definition) is 0. The van der Waals surface area contributed by atoms with Gasteiger partial charge in [0.05, 0.1) is 18.8 Å². The second kappa shape index (κ2) is 9.92. The summed E-state index contributed by atoms with van der Waals surface area (Å²) in [5, 5.41) is 0. The normalized spacial score (nSPS) is 19.6. The lowest BCUT2D eigenvalue weighted by molar-refractivity contribution is -0.137. The number of rotatable bonds is 5. The predicted molar refractivity (Wildman–Crippen MR) is 136 cm³/mol. The summed E-state index contributed by atoms with van der Waals surface area (Å²) < 4.78 is 67.9. The molecule has 1 aromatic carbocycles. The van der Waals surface area contributed by atoms with Crippen molar-refractivity contribution in [3.63, 3.8) is 0 Å². The van der Waals surface area contributed by atoms with Gasteiger partial charge in [-0.1, -0.05) is 0 Å². The molecule has 0 bridgehead atoms. The molecule has 2 fully saturated rings. The monoisotopic (exact) mass is 555 g/mol. The number of halogens is 4. The number of nitrogens with zero attached hydrogens (tertiary/aromatic N) is 5. The first-order chi connectivity index (χ1) is 19.1. The van der Waals surface area contributed by atoms with Gasteiger partial charge in [-0.25, -0.2) is 24.3 Å². The fraction of sp³-hybridized carbons (Fsp3) is 0.393. The molecule has 40 heavy (non-hydrogen) atoms. The number of hydrogen-bond acceptors (Lipinski definition) is 7. The van der Waals surface area contributed by atoms with Gasteiger partial charge in [0.15, 0.2) is 5.65 Å². The first-order valence-electron chi connectivity index (χ1n) is 12.9. The van der Waals surface area contributed by atoms with Gasteiger partial charge in [-0.3, -0.25) is 4.79 Å². The molecule has 0 spiro atoms. The molecule has 1 aliphatic heterocycles. The number of aryl methyl sites for hydroxylation is 1. The van der Waals surface area contributed by atoms with Crippen molar-refractivity contribution in [1.29, 1.82) is 0 Å². The van der Waals surface area contributed by atoms with E-state index in [0.717, 1.165) is 30.5 Å². The number of methoxy groups -OCH3 is 1. The zero-order chi connectivity index (χ0) is 28.2. The molecule has 2 aliphatic rings. The topological polar surface area (TPSA) is 92.0 Å². The first kappa shape index (κ1) is 26.3. The molecule has 4 heterocycles. The summed E-state index contributed by atoms with van der Waals surface area (Å²) in [6, 6.07) is 5.83. The van der Waals surface area contributed by atoms with Crippen molar-refractivity contribution in [3.05, 3.63) is 75.3 Å². The van der Waals surface area contributed by atoms with Crippen LogP contribution in [0.1, 0.15) is 66.4 Å². The lowest BCUT2D eigenvalue weighted by Gasteiger charge is -2.29. The van der Waals surface area contributed by atoms with E-state index in [-0.39, 0.29) is 51.9 Å². The van der Waals surface area contributed by atoms with Crippen molar-refractivity contribution in [3.8, 4) is 17.1 Å². The number of alkyl halides is 3. The van der Waals surface area contributed by atoms with Gasteiger partial charge < -0.3 is 14.0 Å². The molecule has 1 aliphatic carbocycles. The highest BCUT2D eigenvalue weighted by atomic mass is 19.4. The summed E-state index contributed by atoms with van der Waals surface area (Å²) in [5.41, 5.74) is 0.338. The fourth-order valence-electron chi connectivity index (χ4n) is 5.09. The zero-order valence-corrected chi connectivity index (χ0v) is 21.7. The van der Waals surface area contributed by atoms with Crippen molar-refractivity contribution < 1.29 is 27.0 Å². The molecular weight excluding hydrogens is 530 g/mol. The van der Waals surface area contributed by atoms with Crippen LogP contribution in [0.2, 0.25) is 0 Å². The van der Waals surface area contributed by atoms with Crippen LogP contribution in [0.3, 0.4) is 0 Å². The minimum atomic E-state index is -4.70. The second-order valence-electron chi connectivity index (χ2n) is 10.1. The van der Waals surface area contributed by atoms with Crippen molar-refractivity contribution >= 4 is 11.2 Å². The Labute approximate surface area is 226 Å². The third-order valence-electron chi connectivity index (χ3n) is 7.35. The van der Waals surface area contributed by atoms with E-state index in [0.29, 0.717) is 37.0 Å². The van der Waals surface area contributed by atoms with E-state index >= 15 is 4.39 Å². The fourth-order valence-corrected chi connectivity index (χ4v) is 5.09. The molecular formula is C28H25F4N5O3. The smallest absolute Gasteiger partial charge is 0.416 e. The summed E-state index contributed by atoms with van der Waals surface area (Å²) in [5.74, 6) is -0.766. The summed E-state index contributed by atoms with van der Waals surface area (Å²) in [6.45, 7) is 2.08. The standard InChI is InChI=1S/C28H25F4N5O3/c1-14-27(39-2)35-24-23(19-7-4-17(12-20(19)29)28(30,31)32)34-25(36-26(24)33-14)15-9-10-40-21(11-15)16-3-8-22(38)37(13-16)18-5-6-18/h3-4,7-8,12-13,15,18,21H,5-6,9-11H2,1-2H3/t15-,21+/m0/s1. The summed E-state index contributed by atoms with van der Waals surface area (Å²) in [4.78, 5) is 30.5. The van der Waals surface area contributed by atoms with Gasteiger partial charge in [-0.05, 0) is 62.4 Å². The summed E-state index contributed by atoms with van der Waals surface area (Å²) in [7, 11) is 1.41. The van der Waals surface area contributed by atoms with Crippen LogP contribution in [0.15, 0.2) is 41.3 Å². The minimum Gasteiger partial charge on any atom is -0.480 e. The van der Waals surface area contributed by atoms with Crippen LogP contribution in [-0.4, -0.2) is 38.2 Å². The molecule has 0 radical (unpaired) electrons. The molecule has 0 amide bonds. The van der Waals surface area contributed by atoms with E-state index in [4.69, 9.17) is 9.47 Å². The average Bonchev–Trinajstić information content (AvgIpc) is 3.77. The Hall–Kier alpha value is -3.93. The lowest BCUT2D eigenvalue weighted by atomic mass is 9.91. The maximum Gasteiger partial charge on any atom is 0.416 e. The third-order valence-corrected chi connectivity index (χ3v) is 7.35. The molecule has 0 unspecified atom stereocenters. The van der Waals surface area contributed by atoms with Gasteiger partial charge in [-0.2, -0.15) is 13.2 Å². The molecule has 2 atom stereocenters. The Morgan fingerprint density at radius 3 is 2.55 bits per heavy atom. The van der Waals surface area contributed by atoms with Crippen LogP contribution in [0.5, 0.6) is 5.88 Å². The summed E-state index contributed by atoms with van der Waals surface area (Å²) >= 11 is 0. The van der Waals surface area contributed by atoms with Crippen LogP contribution in [0.25, 0.3) is 22.4 Å². The maximum atomic E-state index is 15.2. The predicted octanol–water partition coefficient (Wildman–Crippen LogP) is 5.69. The van der Waals surface area contributed by atoms with Crippen LogP contribution >= 0.6 is 0 Å². The maximum absolute atomic E-state index is 15.2. The van der Waals surface area contributed by atoms with E-state index in [1.165, 1.54) is 7.11 Å². The Morgan fingerprint density at radius 1 is 1.05 bits per heavy atom. The van der Waals surface area contributed by atoms with E-state index in [1.54, 1.807) is 23.6 Å². The Balaban J connectivity index is 1.43. The Bertz CT molecular complexity index is 1670. The van der Waals surface area contributed by atoms with E-state index < -0.39 is 17.6 Å². The van der Waals surface area contributed by atoms with Crippen molar-refractivity contribution in [1.82, 2.24) is 24.5 Å². The minimum absolute atomic E-state index is 0.0300. The lowest BCUT2D eigenvalue weighted by Crippen LogP contribution is -2.23. The largest absolute Gasteiger partial charge is 0.480 e. The van der Waals surface area contributed by atoms with Gasteiger partial charge in [-0.15, -0.1) is 0 Å². The number of pyridine rings is 1. The van der Waals surface area contributed by atoms with Crippen LogP contribution in [0, 0.1) is 12.7 Å². The molecule has 208 valence electrons. The quantitative estimate of drug-likeness (QED) is 0.292. The first-order valence-corrected chi connectivity index (χ1v) is 12.9. The highest BCUT2D eigenvalue weighted by Crippen LogP contribution is 2.40. The second-order valence-corrected chi connectivity index (χ2v) is 10.1. The molecule has 12 heteroatoms. The Kier molecular flexibility index (Phi) is 6.52. The van der Waals surface area contributed by atoms with Gasteiger partial charge in [0.2, 0.25) is 5.88 Å². The van der Waals surface area contributed by atoms with Crippen LogP contribution in [0.4, 0.5) is 17.6 Å². The molecule has 6 rings (SSSR count). The van der Waals surface area contributed by atoms with Crippen molar-refractivity contribution in [2.24, 2.45) is 0 Å². The van der Waals surface area contributed by atoms with E-state index in [9.17, 15) is 18.0 Å². The molecule has 0 N–H and O–H groups in total. The third kappa shape index (κ3) is 4.91. The van der Waals surface area contributed by atoms with E-state index in [1.807, 2.05) is 6.20 Å². The number of aromatic nitrogens is 5. The van der Waals surface area contributed by atoms with Gasteiger partial charge in [0.1, 0.15) is 28.5 Å². The SMILES string of the molecule is COc1nc2c(-c3ccc(C(F)(F)F)cc3F)nc([C@H]3CCO[C@@H](c4ccc(=O)n(C5CC5)c4)C3)nc2nc1C. The average molecular weight is 556 g/mol. The van der Waals surface area contributed by atoms with Crippen LogP contribution in [-0.2, 0) is 10.9 Å². The highest BCUT2D eigenvalue weighted by molar-refractivity contribution is 5.87. The van der Waals surface area contributed by atoms with Gasteiger partial charge >= 0.3 is 6.18 Å². The molecule has 3 aromatic heterocycles.